The van der Waals surface area contributed by atoms with Gasteiger partial charge in [-0.1, -0.05) is 19.1 Å². The van der Waals surface area contributed by atoms with Crippen molar-refractivity contribution in [3.05, 3.63) is 29.8 Å². The molecule has 0 aliphatic carbocycles. The van der Waals surface area contributed by atoms with Crippen molar-refractivity contribution < 1.29 is 28.2 Å². The van der Waals surface area contributed by atoms with Gasteiger partial charge in [0.1, 0.15) is 5.75 Å². The summed E-state index contributed by atoms with van der Waals surface area (Å²) in [4.78, 5) is 23.9. The number of hydrogen-bond acceptors (Lipinski definition) is 3. The number of carbonyl (C=O) groups excluding carboxylic acids is 1. The molecule has 7 heteroatoms. The fourth-order valence-electron chi connectivity index (χ4n) is 2.00. The van der Waals surface area contributed by atoms with Gasteiger partial charge in [0.25, 0.3) is 0 Å². The van der Waals surface area contributed by atoms with Crippen LogP contribution >= 0.6 is 0 Å². The minimum Gasteiger partial charge on any atom is -0.479 e. The van der Waals surface area contributed by atoms with Crippen molar-refractivity contribution in [2.45, 2.75) is 32.4 Å². The van der Waals surface area contributed by atoms with E-state index in [0.29, 0.717) is 18.4 Å². The number of alkyl halides is 2. The molecular formula is C14H17F2NO4. The highest BCUT2D eigenvalue weighted by atomic mass is 19.3. The van der Waals surface area contributed by atoms with Crippen molar-refractivity contribution >= 4 is 12.4 Å². The number of carbonyl (C=O) groups is 2. The second kappa shape index (κ2) is 7.01. The Morgan fingerprint density at radius 3 is 2.38 bits per heavy atom. The Morgan fingerprint density at radius 1 is 1.43 bits per heavy atom. The van der Waals surface area contributed by atoms with Crippen LogP contribution in [-0.2, 0) is 15.1 Å². The van der Waals surface area contributed by atoms with Crippen LogP contribution in [0.4, 0.5) is 8.78 Å². The zero-order valence-electron chi connectivity index (χ0n) is 11.8. The van der Waals surface area contributed by atoms with Crippen molar-refractivity contribution in [2.24, 2.45) is 0 Å². The first-order chi connectivity index (χ1) is 9.86. The van der Waals surface area contributed by atoms with E-state index in [1.54, 1.807) is 0 Å². The number of nitrogens with zero attached hydrogens (tertiary/aromatic N) is 1. The lowest BCUT2D eigenvalue weighted by atomic mass is 9.90. The molecule has 0 aliphatic rings. The summed E-state index contributed by atoms with van der Waals surface area (Å²) in [6.45, 7) is 0.524. The zero-order valence-corrected chi connectivity index (χ0v) is 11.8. The molecule has 1 aromatic rings. The average Bonchev–Trinajstić information content (AvgIpc) is 2.43. The Hall–Kier alpha value is -2.18. The van der Waals surface area contributed by atoms with Crippen molar-refractivity contribution in [1.82, 2.24) is 4.90 Å². The molecule has 1 rings (SSSR count). The highest BCUT2D eigenvalue weighted by Crippen LogP contribution is 2.29. The van der Waals surface area contributed by atoms with Crippen molar-refractivity contribution in [2.75, 3.05) is 6.54 Å². The SMILES string of the molecule is CCCN(C=O)C(C)(C(=O)O)c1ccc(OC(F)F)cc1. The van der Waals surface area contributed by atoms with Gasteiger partial charge in [0.2, 0.25) is 6.41 Å². The number of carboxylic acid groups (broad SMARTS) is 1. The molecule has 21 heavy (non-hydrogen) atoms. The van der Waals surface area contributed by atoms with Crippen LogP contribution in [0.1, 0.15) is 25.8 Å². The summed E-state index contributed by atoms with van der Waals surface area (Å²) in [5.74, 6) is -1.28. The number of aliphatic carboxylic acids is 1. The summed E-state index contributed by atoms with van der Waals surface area (Å²) in [7, 11) is 0. The van der Waals surface area contributed by atoms with Gasteiger partial charge in [0, 0.05) is 6.54 Å². The predicted molar refractivity (Wildman–Crippen MR) is 71.1 cm³/mol. The first-order valence-electron chi connectivity index (χ1n) is 6.37. The van der Waals surface area contributed by atoms with Crippen LogP contribution in [0.25, 0.3) is 0 Å². The highest BCUT2D eigenvalue weighted by molar-refractivity contribution is 5.82. The summed E-state index contributed by atoms with van der Waals surface area (Å²) >= 11 is 0. The second-order valence-corrected chi connectivity index (χ2v) is 4.58. The topological polar surface area (TPSA) is 66.8 Å². The van der Waals surface area contributed by atoms with Gasteiger partial charge in [0.05, 0.1) is 0 Å². The molecule has 0 fully saturated rings. The molecule has 1 atom stereocenters. The maximum atomic E-state index is 12.1. The Labute approximate surface area is 121 Å². The standard InChI is InChI=1S/C14H17F2NO4/c1-3-8-17(9-18)14(2,12(19)20)10-4-6-11(7-5-10)21-13(15)16/h4-7,9,13H,3,8H2,1-2H3,(H,19,20). The largest absolute Gasteiger partial charge is 0.479 e. The quantitative estimate of drug-likeness (QED) is 0.749. The summed E-state index contributed by atoms with van der Waals surface area (Å²) in [5.41, 5.74) is -1.27. The molecule has 116 valence electrons. The van der Waals surface area contributed by atoms with Crippen LogP contribution in [-0.4, -0.2) is 35.5 Å². The van der Waals surface area contributed by atoms with Crippen molar-refractivity contribution in [3.63, 3.8) is 0 Å². The van der Waals surface area contributed by atoms with Gasteiger partial charge >= 0.3 is 12.6 Å². The highest BCUT2D eigenvalue weighted by Gasteiger charge is 2.40. The minimum atomic E-state index is -2.95. The molecular weight excluding hydrogens is 284 g/mol. The number of benzene rings is 1. The van der Waals surface area contributed by atoms with Crippen molar-refractivity contribution in [3.8, 4) is 5.75 Å². The molecule has 0 aromatic heterocycles. The predicted octanol–water partition coefficient (Wildman–Crippen LogP) is 2.46. The van der Waals surface area contributed by atoms with E-state index < -0.39 is 18.1 Å². The third-order valence-electron chi connectivity index (χ3n) is 3.22. The lowest BCUT2D eigenvalue weighted by Crippen LogP contribution is -2.49. The Balaban J connectivity index is 3.16. The number of halogens is 2. The summed E-state index contributed by atoms with van der Waals surface area (Å²) < 4.78 is 28.4. The molecule has 0 spiro atoms. The fourth-order valence-corrected chi connectivity index (χ4v) is 2.00. The smallest absolute Gasteiger partial charge is 0.387 e. The Bertz CT molecular complexity index is 492. The first-order valence-corrected chi connectivity index (χ1v) is 6.37. The monoisotopic (exact) mass is 301 g/mol. The molecule has 0 radical (unpaired) electrons. The van der Waals surface area contributed by atoms with Crippen LogP contribution in [0.15, 0.2) is 24.3 Å². The van der Waals surface area contributed by atoms with Crippen LogP contribution in [0.3, 0.4) is 0 Å². The lowest BCUT2D eigenvalue weighted by molar-refractivity contribution is -0.154. The van der Waals surface area contributed by atoms with Crippen LogP contribution < -0.4 is 4.74 Å². The van der Waals surface area contributed by atoms with E-state index >= 15 is 0 Å². The molecule has 0 saturated heterocycles. The van der Waals surface area contributed by atoms with Gasteiger partial charge in [0.15, 0.2) is 5.54 Å². The van der Waals surface area contributed by atoms with Gasteiger partial charge < -0.3 is 14.7 Å². The van der Waals surface area contributed by atoms with E-state index in [1.807, 2.05) is 6.92 Å². The number of amides is 1. The third-order valence-corrected chi connectivity index (χ3v) is 3.22. The Morgan fingerprint density at radius 2 is 2.00 bits per heavy atom. The second-order valence-electron chi connectivity index (χ2n) is 4.58. The third kappa shape index (κ3) is 3.68. The lowest BCUT2D eigenvalue weighted by Gasteiger charge is -2.35. The van der Waals surface area contributed by atoms with E-state index in [9.17, 15) is 23.5 Å². The summed E-state index contributed by atoms with van der Waals surface area (Å²) in [6.07, 6.45) is 1.06. The van der Waals surface area contributed by atoms with E-state index in [1.165, 1.54) is 31.2 Å². The molecule has 1 N–H and O–H groups in total. The first kappa shape index (κ1) is 16.9. The van der Waals surface area contributed by atoms with Crippen molar-refractivity contribution in [1.29, 1.82) is 0 Å². The maximum Gasteiger partial charge on any atom is 0.387 e. The van der Waals surface area contributed by atoms with Gasteiger partial charge in [-0.05, 0) is 31.0 Å². The van der Waals surface area contributed by atoms with Crippen LogP contribution in [0, 0.1) is 0 Å². The number of ether oxygens (including phenoxy) is 1. The molecule has 1 aromatic carbocycles. The maximum absolute atomic E-state index is 12.1. The molecule has 1 amide bonds. The molecule has 0 saturated carbocycles. The molecule has 0 heterocycles. The van der Waals surface area contributed by atoms with E-state index in [-0.39, 0.29) is 12.3 Å². The van der Waals surface area contributed by atoms with E-state index in [2.05, 4.69) is 4.74 Å². The number of carboxylic acids is 1. The number of rotatable bonds is 8. The Kier molecular flexibility index (Phi) is 5.63. The molecule has 0 bridgehead atoms. The minimum absolute atomic E-state index is 0.0744. The average molecular weight is 301 g/mol. The van der Waals surface area contributed by atoms with Gasteiger partial charge in [-0.15, -0.1) is 0 Å². The fraction of sp³-hybridized carbons (Fsp3) is 0.429. The summed E-state index contributed by atoms with van der Waals surface area (Å²) in [6, 6.07) is 5.21. The zero-order chi connectivity index (χ0) is 16.0. The van der Waals surface area contributed by atoms with Crippen LogP contribution in [0.2, 0.25) is 0 Å². The normalized spacial score (nSPS) is 13.6. The van der Waals surface area contributed by atoms with Gasteiger partial charge in [-0.3, -0.25) is 4.79 Å². The number of hydrogen-bond donors (Lipinski definition) is 1. The molecule has 5 nitrogen and oxygen atoms in total. The van der Waals surface area contributed by atoms with E-state index in [4.69, 9.17) is 0 Å². The molecule has 1 unspecified atom stereocenters. The van der Waals surface area contributed by atoms with Gasteiger partial charge in [-0.25, -0.2) is 4.79 Å². The molecule has 0 aliphatic heterocycles. The van der Waals surface area contributed by atoms with Gasteiger partial charge in [-0.2, -0.15) is 8.78 Å². The van der Waals surface area contributed by atoms with Crippen LogP contribution in [0.5, 0.6) is 5.75 Å². The summed E-state index contributed by atoms with van der Waals surface area (Å²) in [5, 5.41) is 9.48. The van der Waals surface area contributed by atoms with E-state index in [0.717, 1.165) is 4.90 Å².